The van der Waals surface area contributed by atoms with E-state index in [4.69, 9.17) is 33.2 Å². The van der Waals surface area contributed by atoms with Gasteiger partial charge in [0.25, 0.3) is 0 Å². The number of cyclic esters (lactones) is 1. The third kappa shape index (κ3) is 9.33. The van der Waals surface area contributed by atoms with Gasteiger partial charge >= 0.3 is 5.97 Å². The number of ketones is 1. The first kappa shape index (κ1) is 44.1. The number of hydrogen-bond acceptors (Lipinski definition) is 14. The quantitative estimate of drug-likeness (QED) is 0.228. The summed E-state index contributed by atoms with van der Waals surface area (Å²) in [5.74, 6) is -4.47. The molecule has 0 saturated carbocycles. The molecule has 0 aromatic heterocycles. The van der Waals surface area contributed by atoms with E-state index in [2.05, 4.69) is 5.32 Å². The van der Waals surface area contributed by atoms with Gasteiger partial charge in [0, 0.05) is 44.4 Å². The highest BCUT2D eigenvalue weighted by atomic mass is 16.7. The topological polar surface area (TPSA) is 192 Å². The Morgan fingerprint density at radius 2 is 1.47 bits per heavy atom. The summed E-state index contributed by atoms with van der Waals surface area (Å²) < 4.78 is 43.7. The van der Waals surface area contributed by atoms with Crippen LogP contribution in [0.5, 0.6) is 0 Å². The lowest BCUT2D eigenvalue weighted by Gasteiger charge is -2.49. The second kappa shape index (κ2) is 17.4. The van der Waals surface area contributed by atoms with Gasteiger partial charge in [0.15, 0.2) is 12.6 Å². The van der Waals surface area contributed by atoms with Gasteiger partial charge in [-0.15, -0.1) is 0 Å². The molecule has 3 fully saturated rings. The maximum absolute atomic E-state index is 14.1. The summed E-state index contributed by atoms with van der Waals surface area (Å²) in [4.78, 5) is 28.1. The van der Waals surface area contributed by atoms with E-state index < -0.39 is 102 Å². The Labute approximate surface area is 304 Å². The second-order valence-corrected chi connectivity index (χ2v) is 16.0. The van der Waals surface area contributed by atoms with Gasteiger partial charge < -0.3 is 58.9 Å². The van der Waals surface area contributed by atoms with E-state index >= 15 is 0 Å². The molecular formula is C37H67NO13. The predicted molar refractivity (Wildman–Crippen MR) is 186 cm³/mol. The molecule has 3 saturated heterocycles. The van der Waals surface area contributed by atoms with Gasteiger partial charge in [0.1, 0.15) is 29.7 Å². The Hall–Kier alpha value is -1.30. The maximum Gasteiger partial charge on any atom is 0.311 e. The molecule has 298 valence electrons. The van der Waals surface area contributed by atoms with Crippen LogP contribution in [0.25, 0.3) is 0 Å². The monoisotopic (exact) mass is 733 g/mol. The minimum Gasteiger partial charge on any atom is -0.459 e. The van der Waals surface area contributed by atoms with Crippen molar-refractivity contribution in [3.8, 4) is 0 Å². The molecule has 0 aromatic rings. The fourth-order valence-corrected chi connectivity index (χ4v) is 8.38. The molecule has 0 aliphatic carbocycles. The molecule has 3 aliphatic rings. The third-order valence-electron chi connectivity index (χ3n) is 12.0. The van der Waals surface area contributed by atoms with Crippen LogP contribution in [-0.2, 0) is 42.7 Å². The fraction of sp³-hybridized carbons (Fsp3) is 0.946. The third-order valence-corrected chi connectivity index (χ3v) is 12.0. The summed E-state index contributed by atoms with van der Waals surface area (Å²) >= 11 is 0. The summed E-state index contributed by atoms with van der Waals surface area (Å²) in [5.41, 5.74) is -4.24. The summed E-state index contributed by atoms with van der Waals surface area (Å²) in [6.45, 7) is 17.0. The highest BCUT2D eigenvalue weighted by molar-refractivity contribution is 5.83. The largest absolute Gasteiger partial charge is 0.459 e. The van der Waals surface area contributed by atoms with E-state index in [0.29, 0.717) is 6.42 Å². The van der Waals surface area contributed by atoms with Gasteiger partial charge in [0.05, 0.1) is 47.6 Å². The van der Waals surface area contributed by atoms with Crippen molar-refractivity contribution in [3.63, 3.8) is 0 Å². The summed E-state index contributed by atoms with van der Waals surface area (Å²) in [6.07, 6.45) is -8.78. The predicted octanol–water partition coefficient (Wildman–Crippen LogP) is 2.10. The minimum absolute atomic E-state index is 0.109. The van der Waals surface area contributed by atoms with Crippen LogP contribution >= 0.6 is 0 Å². The standard InChI is InChI=1S/C37H67NO13/c1-14-25-37(10,44)30(41)20(4)27(39)18(2)16-36(9,46-13)32(51-34-28(40)24(38-11)15-19(3)47-34)21(5)29(22(6)33(43)49-25)50-26-17-35(8,45-12)31(42)23(7)48-26/h18-26,28-32,34,38,40-42,44H,14-17H2,1-13H3/t18-,19-,20+,21+,22-,23+,24+,25-,26+,28-,29+,30-,31+,32-,34+,35-,36-,37-/m1/s1. The molecule has 0 radical (unpaired) electrons. The SMILES string of the molecule is CC[C@H]1OC(=O)[C@H](C)[C@@H](O[C@H]2C[C@@](C)(OC)[C@@H](O)[C@H](C)O2)[C@H](C)[C@@H](O[C@@H]2O[C@H](C)C[C@H](NC)[C@H]2O)[C@](C)(OC)C[C@@H](C)C(=O)[C@H](C)[C@@H](O)[C@]1(C)O. The second-order valence-electron chi connectivity index (χ2n) is 16.0. The molecule has 0 amide bonds. The molecule has 51 heavy (non-hydrogen) atoms. The average molecular weight is 734 g/mol. The first-order valence-electron chi connectivity index (χ1n) is 18.5. The molecule has 0 aromatic carbocycles. The number of ether oxygens (including phenoxy) is 7. The van der Waals surface area contributed by atoms with Gasteiger partial charge in [-0.05, 0) is 67.9 Å². The van der Waals surface area contributed by atoms with Crippen LogP contribution in [0.15, 0.2) is 0 Å². The van der Waals surface area contributed by atoms with E-state index in [1.54, 1.807) is 55.5 Å². The lowest BCUT2D eigenvalue weighted by Crippen LogP contribution is -2.61. The normalized spacial score (nSPS) is 49.6. The first-order chi connectivity index (χ1) is 23.6. The number of hydrogen-bond donors (Lipinski definition) is 5. The Kier molecular flexibility index (Phi) is 15.1. The van der Waals surface area contributed by atoms with E-state index in [-0.39, 0.29) is 37.2 Å². The molecule has 0 bridgehead atoms. The zero-order valence-electron chi connectivity index (χ0n) is 33.0. The van der Waals surface area contributed by atoms with Gasteiger partial charge in [-0.25, -0.2) is 0 Å². The van der Waals surface area contributed by atoms with Gasteiger partial charge in [-0.1, -0.05) is 27.7 Å². The Morgan fingerprint density at radius 3 is 2.02 bits per heavy atom. The fourth-order valence-electron chi connectivity index (χ4n) is 8.38. The Balaban J connectivity index is 2.21. The van der Waals surface area contributed by atoms with Crippen LogP contribution in [0.3, 0.4) is 0 Å². The lowest BCUT2D eigenvalue weighted by atomic mass is 9.74. The molecule has 3 heterocycles. The van der Waals surface area contributed by atoms with Crippen LogP contribution in [0.1, 0.15) is 94.9 Å². The van der Waals surface area contributed by atoms with Crippen LogP contribution in [0.4, 0.5) is 0 Å². The molecule has 3 rings (SSSR count). The summed E-state index contributed by atoms with van der Waals surface area (Å²) in [5, 5.41) is 48.4. The van der Waals surface area contributed by atoms with Gasteiger partial charge in [0.2, 0.25) is 0 Å². The van der Waals surface area contributed by atoms with Crippen molar-refractivity contribution in [2.45, 2.75) is 179 Å². The lowest BCUT2D eigenvalue weighted by molar-refractivity contribution is -0.317. The number of likely N-dealkylation sites (N-methyl/N-ethyl adjacent to an activating group) is 1. The highest BCUT2D eigenvalue weighted by Crippen LogP contribution is 2.41. The molecule has 3 aliphatic heterocycles. The van der Waals surface area contributed by atoms with Crippen molar-refractivity contribution in [2.24, 2.45) is 23.7 Å². The van der Waals surface area contributed by atoms with Crippen molar-refractivity contribution in [1.29, 1.82) is 0 Å². The van der Waals surface area contributed by atoms with Crippen LogP contribution in [0.2, 0.25) is 0 Å². The average Bonchev–Trinajstić information content (AvgIpc) is 3.09. The molecule has 18 atom stereocenters. The minimum atomic E-state index is -1.96. The Morgan fingerprint density at radius 1 is 0.863 bits per heavy atom. The van der Waals surface area contributed by atoms with Crippen LogP contribution in [-0.4, -0.2) is 138 Å². The zero-order valence-corrected chi connectivity index (χ0v) is 33.0. The molecule has 5 N–H and O–H groups in total. The first-order valence-corrected chi connectivity index (χ1v) is 18.5. The zero-order chi connectivity index (χ0) is 38.8. The molecule has 14 heteroatoms. The number of esters is 1. The number of rotatable bonds is 8. The van der Waals surface area contributed by atoms with E-state index in [1.165, 1.54) is 21.1 Å². The van der Waals surface area contributed by atoms with E-state index in [9.17, 15) is 30.0 Å². The van der Waals surface area contributed by atoms with Gasteiger partial charge in [-0.2, -0.15) is 0 Å². The number of carbonyl (C=O) groups is 2. The van der Waals surface area contributed by atoms with Crippen molar-refractivity contribution in [3.05, 3.63) is 0 Å². The van der Waals surface area contributed by atoms with E-state index in [0.717, 1.165) is 0 Å². The number of Topliss-reactive ketones (excluding diaryl/α,β-unsaturated/α-hetero) is 1. The van der Waals surface area contributed by atoms with Crippen LogP contribution in [0, 0.1) is 23.7 Å². The smallest absolute Gasteiger partial charge is 0.311 e. The number of aliphatic hydroxyl groups is 4. The molecule has 0 unspecified atom stereocenters. The van der Waals surface area contributed by atoms with Crippen LogP contribution < -0.4 is 5.32 Å². The summed E-state index contributed by atoms with van der Waals surface area (Å²) in [7, 11) is 4.75. The van der Waals surface area contributed by atoms with Gasteiger partial charge in [-0.3, -0.25) is 9.59 Å². The highest BCUT2D eigenvalue weighted by Gasteiger charge is 2.54. The molecular weight excluding hydrogens is 666 g/mol. The number of nitrogens with one attached hydrogen (secondary N) is 1. The molecule has 0 spiro atoms. The maximum atomic E-state index is 14.1. The Bertz CT molecular complexity index is 1160. The van der Waals surface area contributed by atoms with E-state index in [1.807, 2.05) is 13.8 Å². The van der Waals surface area contributed by atoms with Crippen molar-refractivity contribution >= 4 is 11.8 Å². The van der Waals surface area contributed by atoms with Crippen molar-refractivity contribution < 1.29 is 63.2 Å². The number of carbonyl (C=O) groups excluding carboxylic acids is 2. The number of methoxy groups -OCH3 is 2. The molecule has 14 nitrogen and oxygen atoms in total. The van der Waals surface area contributed by atoms with Crippen molar-refractivity contribution in [1.82, 2.24) is 5.32 Å². The number of aliphatic hydroxyl groups excluding tert-OH is 3. The summed E-state index contributed by atoms with van der Waals surface area (Å²) in [6, 6.07) is -0.334. The van der Waals surface area contributed by atoms with Crippen molar-refractivity contribution in [2.75, 3.05) is 21.3 Å².